The molecule has 0 unspecified atom stereocenters. The molecular formula is C17H21N3O3. The highest BCUT2D eigenvalue weighted by Crippen LogP contribution is 2.38. The van der Waals surface area contributed by atoms with Gasteiger partial charge in [-0.15, -0.1) is 0 Å². The van der Waals surface area contributed by atoms with Crippen molar-refractivity contribution >= 4 is 5.97 Å². The number of carbonyl (C=O) groups is 1. The molecule has 0 radical (unpaired) electrons. The summed E-state index contributed by atoms with van der Waals surface area (Å²) < 4.78 is 10.2. The Hall–Kier alpha value is -2.21. The zero-order valence-electron chi connectivity index (χ0n) is 13.2. The quantitative estimate of drug-likeness (QED) is 0.849. The normalized spacial score (nSPS) is 16.9. The van der Waals surface area contributed by atoms with E-state index in [1.165, 1.54) is 5.56 Å². The summed E-state index contributed by atoms with van der Waals surface area (Å²) >= 11 is 0. The number of hydrogen-bond donors (Lipinski definition) is 1. The second kappa shape index (κ2) is 6.91. The summed E-state index contributed by atoms with van der Waals surface area (Å²) in [6.07, 6.45) is 1.81. The van der Waals surface area contributed by atoms with Crippen LogP contribution in [-0.4, -0.2) is 35.8 Å². The predicted octanol–water partition coefficient (Wildman–Crippen LogP) is 1.84. The molecule has 1 aliphatic rings. The number of aromatic nitrogens is 2. The van der Waals surface area contributed by atoms with Gasteiger partial charge in [0.25, 0.3) is 0 Å². The van der Waals surface area contributed by atoms with Gasteiger partial charge in [-0.3, -0.25) is 4.79 Å². The first-order valence-corrected chi connectivity index (χ1v) is 7.99. The minimum Gasteiger partial charge on any atom is -0.466 e. The van der Waals surface area contributed by atoms with E-state index < -0.39 is 0 Å². The van der Waals surface area contributed by atoms with Gasteiger partial charge in [-0.05, 0) is 38.4 Å². The van der Waals surface area contributed by atoms with Crippen molar-refractivity contribution < 1.29 is 14.1 Å². The first kappa shape index (κ1) is 15.7. The summed E-state index contributed by atoms with van der Waals surface area (Å²) in [5, 5.41) is 7.55. The van der Waals surface area contributed by atoms with Crippen LogP contribution in [0.15, 0.2) is 34.9 Å². The smallest absolute Gasteiger partial charge is 0.315 e. The molecule has 0 amide bonds. The molecule has 1 N–H and O–H groups in total. The number of carbonyl (C=O) groups excluding carboxylic acids is 1. The third-order valence-corrected chi connectivity index (χ3v) is 4.28. The summed E-state index contributed by atoms with van der Waals surface area (Å²) in [6.45, 7) is 3.92. The van der Waals surface area contributed by atoms with Crippen molar-refractivity contribution in [1.82, 2.24) is 15.5 Å². The average Bonchev–Trinajstić information content (AvgIpc) is 3.05. The van der Waals surface area contributed by atoms with Gasteiger partial charge in [-0.25, -0.2) is 0 Å². The Labute approximate surface area is 135 Å². The van der Waals surface area contributed by atoms with E-state index in [2.05, 4.69) is 27.6 Å². The number of benzene rings is 1. The summed E-state index contributed by atoms with van der Waals surface area (Å²) in [6, 6.07) is 10.3. The molecule has 1 aromatic carbocycles. The summed E-state index contributed by atoms with van der Waals surface area (Å²) in [4.78, 5) is 16.1. The molecule has 0 spiro atoms. The number of hydrogen-bond acceptors (Lipinski definition) is 6. The summed E-state index contributed by atoms with van der Waals surface area (Å²) in [5.74, 6) is 0.624. The topological polar surface area (TPSA) is 77.2 Å². The lowest BCUT2D eigenvalue weighted by molar-refractivity contribution is -0.142. The van der Waals surface area contributed by atoms with Crippen LogP contribution in [0.4, 0.5) is 0 Å². The summed E-state index contributed by atoms with van der Waals surface area (Å²) in [5.41, 5.74) is 0.924. The monoisotopic (exact) mass is 315 g/mol. The van der Waals surface area contributed by atoms with Gasteiger partial charge in [-0.2, -0.15) is 4.98 Å². The van der Waals surface area contributed by atoms with Crippen molar-refractivity contribution in [3.8, 4) is 0 Å². The molecular weight excluding hydrogens is 294 g/mol. The minimum atomic E-state index is -0.346. The molecule has 6 nitrogen and oxygen atoms in total. The van der Waals surface area contributed by atoms with Crippen molar-refractivity contribution in [2.24, 2.45) is 0 Å². The predicted molar refractivity (Wildman–Crippen MR) is 84.0 cm³/mol. The summed E-state index contributed by atoms with van der Waals surface area (Å²) in [7, 11) is 0. The van der Waals surface area contributed by atoms with Crippen LogP contribution in [-0.2, 0) is 21.4 Å². The Kier molecular flexibility index (Phi) is 4.71. The van der Waals surface area contributed by atoms with E-state index in [-0.39, 0.29) is 17.8 Å². The van der Waals surface area contributed by atoms with Gasteiger partial charge in [-0.1, -0.05) is 35.5 Å². The van der Waals surface area contributed by atoms with Crippen molar-refractivity contribution in [1.29, 1.82) is 0 Å². The molecule has 2 heterocycles. The standard InChI is InChI=1S/C17H21N3O3/c1-2-22-15(21)12-14-19-16(20-23-14)17(8-10-18-11-9-17)13-6-4-3-5-7-13/h3-7,18H,2,8-12H2,1H3. The Morgan fingerprint density at radius 2 is 2.04 bits per heavy atom. The Morgan fingerprint density at radius 3 is 2.74 bits per heavy atom. The lowest BCUT2D eigenvalue weighted by atomic mass is 9.72. The molecule has 1 aromatic heterocycles. The van der Waals surface area contributed by atoms with Crippen LogP contribution in [0, 0.1) is 0 Å². The lowest BCUT2D eigenvalue weighted by Gasteiger charge is -2.35. The SMILES string of the molecule is CCOC(=O)Cc1nc(C2(c3ccccc3)CCNCC2)no1. The van der Waals surface area contributed by atoms with E-state index in [4.69, 9.17) is 9.26 Å². The van der Waals surface area contributed by atoms with Crippen molar-refractivity contribution in [2.75, 3.05) is 19.7 Å². The molecule has 3 rings (SSSR count). The maximum Gasteiger partial charge on any atom is 0.315 e. The van der Waals surface area contributed by atoms with Crippen LogP contribution in [0.25, 0.3) is 0 Å². The molecule has 0 aliphatic carbocycles. The molecule has 0 bridgehead atoms. The second-order valence-electron chi connectivity index (χ2n) is 5.69. The van der Waals surface area contributed by atoms with Gasteiger partial charge in [0.05, 0.1) is 12.0 Å². The van der Waals surface area contributed by atoms with Gasteiger partial charge in [0, 0.05) is 0 Å². The van der Waals surface area contributed by atoms with E-state index in [0.717, 1.165) is 25.9 Å². The maximum absolute atomic E-state index is 11.6. The third kappa shape index (κ3) is 3.27. The lowest BCUT2D eigenvalue weighted by Crippen LogP contribution is -2.41. The number of piperidine rings is 1. The fourth-order valence-corrected chi connectivity index (χ4v) is 3.11. The number of nitrogens with zero attached hydrogens (tertiary/aromatic N) is 2. The molecule has 0 atom stereocenters. The highest BCUT2D eigenvalue weighted by molar-refractivity contribution is 5.71. The highest BCUT2D eigenvalue weighted by Gasteiger charge is 2.40. The average molecular weight is 315 g/mol. The molecule has 2 aromatic rings. The van der Waals surface area contributed by atoms with Crippen molar-refractivity contribution in [2.45, 2.75) is 31.6 Å². The van der Waals surface area contributed by atoms with E-state index in [9.17, 15) is 4.79 Å². The Balaban J connectivity index is 1.89. The van der Waals surface area contributed by atoms with Gasteiger partial charge in [0.15, 0.2) is 5.82 Å². The van der Waals surface area contributed by atoms with Gasteiger partial charge < -0.3 is 14.6 Å². The molecule has 1 saturated heterocycles. The van der Waals surface area contributed by atoms with Crippen molar-refractivity contribution in [3.05, 3.63) is 47.6 Å². The molecule has 1 fully saturated rings. The third-order valence-electron chi connectivity index (χ3n) is 4.28. The largest absolute Gasteiger partial charge is 0.466 e. The number of ether oxygens (including phenoxy) is 1. The van der Waals surface area contributed by atoms with Crippen LogP contribution in [0.2, 0.25) is 0 Å². The molecule has 122 valence electrons. The van der Waals surface area contributed by atoms with Gasteiger partial charge in [0.2, 0.25) is 5.89 Å². The van der Waals surface area contributed by atoms with E-state index in [1.807, 2.05) is 18.2 Å². The van der Waals surface area contributed by atoms with Crippen molar-refractivity contribution in [3.63, 3.8) is 0 Å². The number of nitrogens with one attached hydrogen (secondary N) is 1. The highest BCUT2D eigenvalue weighted by atomic mass is 16.5. The zero-order valence-corrected chi connectivity index (χ0v) is 13.2. The van der Waals surface area contributed by atoms with E-state index in [1.54, 1.807) is 6.92 Å². The van der Waals surface area contributed by atoms with Gasteiger partial charge >= 0.3 is 5.97 Å². The maximum atomic E-state index is 11.6. The van der Waals surface area contributed by atoms with Gasteiger partial charge in [0.1, 0.15) is 6.42 Å². The fraction of sp³-hybridized carbons (Fsp3) is 0.471. The van der Waals surface area contributed by atoms with Crippen LogP contribution in [0.3, 0.4) is 0 Å². The van der Waals surface area contributed by atoms with E-state index in [0.29, 0.717) is 18.3 Å². The first-order chi connectivity index (χ1) is 11.2. The Bertz CT molecular complexity index is 648. The molecule has 23 heavy (non-hydrogen) atoms. The fourth-order valence-electron chi connectivity index (χ4n) is 3.11. The van der Waals surface area contributed by atoms with Crippen LogP contribution in [0.1, 0.15) is 37.0 Å². The second-order valence-corrected chi connectivity index (χ2v) is 5.69. The number of esters is 1. The zero-order chi connectivity index (χ0) is 16.1. The first-order valence-electron chi connectivity index (χ1n) is 7.99. The van der Waals surface area contributed by atoms with Crippen LogP contribution >= 0.6 is 0 Å². The van der Waals surface area contributed by atoms with E-state index >= 15 is 0 Å². The Morgan fingerprint density at radius 1 is 1.30 bits per heavy atom. The molecule has 1 aliphatic heterocycles. The molecule has 6 heteroatoms. The molecule has 0 saturated carbocycles. The minimum absolute atomic E-state index is 0.0178. The number of rotatable bonds is 5. The van der Waals surface area contributed by atoms with Crippen LogP contribution < -0.4 is 5.32 Å². The van der Waals surface area contributed by atoms with Crippen LogP contribution in [0.5, 0.6) is 0 Å².